The number of nitrogens with one attached hydrogen (secondary N) is 1. The largest absolute Gasteiger partial charge is 0.493 e. The molecule has 0 aliphatic carbocycles. The number of rotatable bonds is 12. The van der Waals surface area contributed by atoms with Gasteiger partial charge in [-0.3, -0.25) is 13.9 Å². The highest BCUT2D eigenvalue weighted by Crippen LogP contribution is 2.39. The molecule has 3 N–H and O–H groups in total. The van der Waals surface area contributed by atoms with E-state index in [2.05, 4.69) is 35.7 Å². The lowest BCUT2D eigenvalue weighted by Crippen LogP contribution is -2.38. The van der Waals surface area contributed by atoms with Crippen LogP contribution in [0.3, 0.4) is 0 Å². The summed E-state index contributed by atoms with van der Waals surface area (Å²) in [5.41, 5.74) is -2.09. The van der Waals surface area contributed by atoms with Crippen LogP contribution >= 0.6 is 0 Å². The van der Waals surface area contributed by atoms with Gasteiger partial charge in [0.15, 0.2) is 6.29 Å². The molecule has 0 radical (unpaired) electrons. The Bertz CT molecular complexity index is 1360. The Balaban J connectivity index is 1.96. The predicted octanol–water partition coefficient (Wildman–Crippen LogP) is 3.06. The zero-order valence-electron chi connectivity index (χ0n) is 23.1. The highest BCUT2D eigenvalue weighted by Gasteiger charge is 2.36. The Morgan fingerprint density at radius 3 is 2.21 bits per heavy atom. The number of aliphatic hydroxyl groups is 1. The van der Waals surface area contributed by atoms with Crippen LogP contribution < -0.4 is 16.0 Å². The van der Waals surface area contributed by atoms with Crippen LogP contribution in [0.15, 0.2) is 49.0 Å². The molecular weight excluding hydrogens is 514 g/mol. The van der Waals surface area contributed by atoms with Crippen molar-refractivity contribution >= 4 is 21.4 Å². The highest BCUT2D eigenvalue weighted by molar-refractivity contribution is 7.89. The van der Waals surface area contributed by atoms with Crippen molar-refractivity contribution in [3.63, 3.8) is 0 Å². The Labute approximate surface area is 223 Å². The molecule has 0 aliphatic heterocycles. The molecule has 1 aromatic heterocycles. The molecule has 12 nitrogen and oxygen atoms in total. The van der Waals surface area contributed by atoms with Crippen LogP contribution in [-0.2, 0) is 28.9 Å². The third kappa shape index (κ3) is 7.82. The maximum atomic E-state index is 12.6. The summed E-state index contributed by atoms with van der Waals surface area (Å²) in [5, 5.41) is 28.2. The first kappa shape index (κ1) is 31.3. The van der Waals surface area contributed by atoms with Crippen molar-refractivity contribution in [3.8, 4) is 5.88 Å². The second-order valence-corrected chi connectivity index (χ2v) is 12.6. The van der Waals surface area contributed by atoms with Crippen molar-refractivity contribution in [1.82, 2.24) is 13.9 Å². The summed E-state index contributed by atoms with van der Waals surface area (Å²) in [6, 6.07) is 5.44. The van der Waals surface area contributed by atoms with E-state index in [9.17, 15) is 28.2 Å². The number of benzene rings is 1. The second kappa shape index (κ2) is 12.3. The smallest absolute Gasteiger partial charge is 0.333 e. The number of sulfonamides is 1. The van der Waals surface area contributed by atoms with Gasteiger partial charge in [0.25, 0.3) is 5.56 Å². The monoisotopic (exact) mass is 553 g/mol. The van der Waals surface area contributed by atoms with Gasteiger partial charge in [0.1, 0.15) is 0 Å². The number of hydrogen-bond donors (Lipinski definition) is 3. The van der Waals surface area contributed by atoms with Gasteiger partial charge in [-0.15, -0.1) is 5.11 Å². The SMILES string of the molecule is CCC(C)(CC(C)(C)C)C(O)OCCCNS(=O)(=O)c1ccc(N=Nc2c(O)n(C)c(=O)n(C)c2=O)cc1. The van der Waals surface area contributed by atoms with Crippen molar-refractivity contribution in [2.75, 3.05) is 13.2 Å². The van der Waals surface area contributed by atoms with Crippen LogP contribution in [0, 0.1) is 10.8 Å². The maximum Gasteiger partial charge on any atom is 0.333 e. The molecule has 1 aromatic carbocycles. The minimum absolute atomic E-state index is 0.00186. The van der Waals surface area contributed by atoms with Crippen molar-refractivity contribution in [3.05, 3.63) is 45.1 Å². The summed E-state index contributed by atoms with van der Waals surface area (Å²) in [6.45, 7) is 10.6. The number of azo groups is 1. The molecule has 0 fully saturated rings. The number of hydrogen-bond acceptors (Lipinski definition) is 9. The number of aromatic hydroxyl groups is 1. The second-order valence-electron chi connectivity index (χ2n) is 10.8. The number of ether oxygens (including phenoxy) is 1. The average Bonchev–Trinajstić information content (AvgIpc) is 2.85. The van der Waals surface area contributed by atoms with Crippen LogP contribution in [0.5, 0.6) is 5.88 Å². The van der Waals surface area contributed by atoms with E-state index in [0.29, 0.717) is 6.42 Å². The average molecular weight is 554 g/mol. The highest BCUT2D eigenvalue weighted by atomic mass is 32.2. The van der Waals surface area contributed by atoms with Crippen LogP contribution in [0.25, 0.3) is 0 Å². The Kier molecular flexibility index (Phi) is 10.2. The zero-order valence-corrected chi connectivity index (χ0v) is 23.9. The lowest BCUT2D eigenvalue weighted by atomic mass is 9.73. The molecule has 0 aliphatic rings. The summed E-state index contributed by atoms with van der Waals surface area (Å²) in [6.07, 6.45) is 0.947. The number of aliphatic hydroxyl groups excluding tert-OH is 1. The molecule has 2 aromatic rings. The van der Waals surface area contributed by atoms with E-state index in [-0.39, 0.29) is 29.1 Å². The molecule has 2 unspecified atom stereocenters. The van der Waals surface area contributed by atoms with Gasteiger partial charge >= 0.3 is 5.69 Å². The van der Waals surface area contributed by atoms with Gasteiger partial charge in [-0.2, -0.15) is 5.11 Å². The van der Waals surface area contributed by atoms with Crippen LogP contribution in [0.1, 0.15) is 53.9 Å². The molecule has 13 heteroatoms. The molecule has 1 heterocycles. The molecular formula is C25H39N5O7S. The van der Waals surface area contributed by atoms with Gasteiger partial charge in [-0.05, 0) is 48.9 Å². The van der Waals surface area contributed by atoms with Crippen LogP contribution in [-0.4, -0.2) is 47.2 Å². The molecule has 2 rings (SSSR count). The van der Waals surface area contributed by atoms with Crippen LogP contribution in [0.2, 0.25) is 0 Å². The third-order valence-corrected chi connectivity index (χ3v) is 7.73. The fraction of sp³-hybridized carbons (Fsp3) is 0.600. The van der Waals surface area contributed by atoms with Crippen LogP contribution in [0.4, 0.5) is 11.4 Å². The van der Waals surface area contributed by atoms with Gasteiger partial charge < -0.3 is 14.9 Å². The molecule has 38 heavy (non-hydrogen) atoms. The molecule has 2 atom stereocenters. The standard InChI is InChI=1S/C25H39N5O7S/c1-8-25(5,16-24(2,3)4)22(33)37-15-9-14-26-38(35,36)18-12-10-17(11-13-18)27-28-19-20(31)29(6)23(34)30(7)21(19)32/h10-13,22,26,31,33H,8-9,14-16H2,1-7H3. The first-order valence-electron chi connectivity index (χ1n) is 12.3. The van der Waals surface area contributed by atoms with Crippen molar-refractivity contribution in [2.45, 2.75) is 65.1 Å². The normalized spacial score (nSPS) is 15.1. The van der Waals surface area contributed by atoms with Gasteiger partial charge in [0, 0.05) is 26.1 Å². The lowest BCUT2D eigenvalue weighted by Gasteiger charge is -2.38. The fourth-order valence-electron chi connectivity index (χ4n) is 4.06. The zero-order chi connectivity index (χ0) is 28.9. The Morgan fingerprint density at radius 2 is 1.66 bits per heavy atom. The summed E-state index contributed by atoms with van der Waals surface area (Å²) in [4.78, 5) is 24.0. The quantitative estimate of drug-likeness (QED) is 0.206. The minimum atomic E-state index is -3.80. The lowest BCUT2D eigenvalue weighted by molar-refractivity contribution is -0.180. The summed E-state index contributed by atoms with van der Waals surface area (Å²) in [5.74, 6) is -0.629. The summed E-state index contributed by atoms with van der Waals surface area (Å²) >= 11 is 0. The fourth-order valence-corrected chi connectivity index (χ4v) is 5.13. The van der Waals surface area contributed by atoms with Gasteiger partial charge in [-0.25, -0.2) is 17.9 Å². The summed E-state index contributed by atoms with van der Waals surface area (Å²) < 4.78 is 35.0. The third-order valence-electron chi connectivity index (χ3n) is 6.25. The van der Waals surface area contributed by atoms with Crippen molar-refractivity contribution in [2.24, 2.45) is 35.2 Å². The predicted molar refractivity (Wildman–Crippen MR) is 143 cm³/mol. The molecule has 0 bridgehead atoms. The van der Waals surface area contributed by atoms with Gasteiger partial charge in [0.2, 0.25) is 21.6 Å². The molecule has 0 saturated carbocycles. The summed E-state index contributed by atoms with van der Waals surface area (Å²) in [7, 11) is -1.27. The van der Waals surface area contributed by atoms with Gasteiger partial charge in [-0.1, -0.05) is 34.6 Å². The Morgan fingerprint density at radius 1 is 1.05 bits per heavy atom. The maximum absolute atomic E-state index is 12.6. The molecule has 0 amide bonds. The van der Waals surface area contributed by atoms with Crippen molar-refractivity contribution in [1.29, 1.82) is 0 Å². The van der Waals surface area contributed by atoms with E-state index in [4.69, 9.17) is 4.74 Å². The minimum Gasteiger partial charge on any atom is -0.493 e. The number of nitrogens with zero attached hydrogens (tertiary/aromatic N) is 4. The first-order chi connectivity index (χ1) is 17.5. The molecule has 0 saturated heterocycles. The van der Waals surface area contributed by atoms with Gasteiger partial charge in [0.05, 0.1) is 17.2 Å². The van der Waals surface area contributed by atoms with E-state index in [1.807, 2.05) is 13.8 Å². The van der Waals surface area contributed by atoms with E-state index >= 15 is 0 Å². The Hall–Kier alpha value is -2.87. The molecule has 212 valence electrons. The topological polar surface area (TPSA) is 165 Å². The van der Waals surface area contributed by atoms with Crippen molar-refractivity contribution < 1.29 is 23.4 Å². The van der Waals surface area contributed by atoms with E-state index in [0.717, 1.165) is 22.0 Å². The van der Waals surface area contributed by atoms with E-state index in [1.54, 1.807) is 0 Å². The van der Waals surface area contributed by atoms with E-state index in [1.165, 1.54) is 38.4 Å². The molecule has 0 spiro atoms. The van der Waals surface area contributed by atoms with E-state index < -0.39 is 44.5 Å². The number of aromatic nitrogens is 2. The first-order valence-corrected chi connectivity index (χ1v) is 13.8.